The van der Waals surface area contributed by atoms with E-state index in [4.69, 9.17) is 9.84 Å². The fraction of sp³-hybridized carbons (Fsp3) is 0.562. The van der Waals surface area contributed by atoms with E-state index in [1.807, 2.05) is 52.0 Å². The SMILES string of the molecule is Cc1ccccc1N(CCOC(C)(C)C)CCC(=O)O. The molecule has 4 nitrogen and oxygen atoms in total. The summed E-state index contributed by atoms with van der Waals surface area (Å²) in [6.07, 6.45) is 0.129. The summed E-state index contributed by atoms with van der Waals surface area (Å²) in [5, 5.41) is 8.88. The van der Waals surface area contributed by atoms with Gasteiger partial charge in [0.25, 0.3) is 0 Å². The number of rotatable bonds is 7. The number of ether oxygens (including phenoxy) is 1. The van der Waals surface area contributed by atoms with Gasteiger partial charge in [0.1, 0.15) is 0 Å². The molecule has 0 amide bonds. The van der Waals surface area contributed by atoms with Crippen molar-refractivity contribution in [1.82, 2.24) is 0 Å². The van der Waals surface area contributed by atoms with Crippen LogP contribution in [0.5, 0.6) is 0 Å². The summed E-state index contributed by atoms with van der Waals surface area (Å²) in [5.41, 5.74) is 2.05. The highest BCUT2D eigenvalue weighted by Crippen LogP contribution is 2.19. The van der Waals surface area contributed by atoms with Crippen molar-refractivity contribution in [3.05, 3.63) is 29.8 Å². The summed E-state index contributed by atoms with van der Waals surface area (Å²) in [4.78, 5) is 12.9. The van der Waals surface area contributed by atoms with Gasteiger partial charge >= 0.3 is 5.97 Å². The summed E-state index contributed by atoms with van der Waals surface area (Å²) >= 11 is 0. The van der Waals surface area contributed by atoms with Gasteiger partial charge in [-0.2, -0.15) is 0 Å². The van der Waals surface area contributed by atoms with E-state index in [0.717, 1.165) is 11.3 Å². The average Bonchev–Trinajstić information content (AvgIpc) is 2.33. The van der Waals surface area contributed by atoms with Crippen LogP contribution in [-0.2, 0) is 9.53 Å². The molecule has 0 aliphatic rings. The normalized spacial score (nSPS) is 11.4. The van der Waals surface area contributed by atoms with Gasteiger partial charge in [-0.3, -0.25) is 4.79 Å². The molecule has 1 aromatic carbocycles. The van der Waals surface area contributed by atoms with Crippen molar-refractivity contribution in [1.29, 1.82) is 0 Å². The maximum atomic E-state index is 10.8. The van der Waals surface area contributed by atoms with Gasteiger partial charge in [0.2, 0.25) is 0 Å². The lowest BCUT2D eigenvalue weighted by Gasteiger charge is -2.28. The molecule has 1 N–H and O–H groups in total. The first-order valence-electron chi connectivity index (χ1n) is 6.96. The minimum Gasteiger partial charge on any atom is -0.481 e. The summed E-state index contributed by atoms with van der Waals surface area (Å²) < 4.78 is 5.74. The highest BCUT2D eigenvalue weighted by molar-refractivity contribution is 5.68. The van der Waals surface area contributed by atoms with Crippen LogP contribution in [0.4, 0.5) is 5.69 Å². The van der Waals surface area contributed by atoms with Gasteiger partial charge in [-0.15, -0.1) is 0 Å². The van der Waals surface area contributed by atoms with E-state index in [1.54, 1.807) is 0 Å². The van der Waals surface area contributed by atoms with Crippen LogP contribution >= 0.6 is 0 Å². The Kier molecular flexibility index (Phi) is 6.02. The monoisotopic (exact) mass is 279 g/mol. The van der Waals surface area contributed by atoms with Crippen molar-refractivity contribution in [3.8, 4) is 0 Å². The summed E-state index contributed by atoms with van der Waals surface area (Å²) in [5.74, 6) is -0.777. The Hall–Kier alpha value is -1.55. The number of carboxylic acid groups (broad SMARTS) is 1. The number of carbonyl (C=O) groups is 1. The van der Waals surface area contributed by atoms with Gasteiger partial charge in [-0.05, 0) is 39.3 Å². The predicted molar refractivity (Wildman–Crippen MR) is 81.3 cm³/mol. The Morgan fingerprint density at radius 1 is 1.25 bits per heavy atom. The van der Waals surface area contributed by atoms with Crippen molar-refractivity contribution in [2.24, 2.45) is 0 Å². The molecule has 0 aliphatic heterocycles. The van der Waals surface area contributed by atoms with Gasteiger partial charge in [0, 0.05) is 18.8 Å². The standard InChI is InChI=1S/C16H25NO3/c1-13-7-5-6-8-14(13)17(10-9-15(18)19)11-12-20-16(2,3)4/h5-8H,9-12H2,1-4H3,(H,18,19). The van der Waals surface area contributed by atoms with Crippen LogP contribution in [0.2, 0.25) is 0 Å². The van der Waals surface area contributed by atoms with E-state index >= 15 is 0 Å². The number of aryl methyl sites for hydroxylation is 1. The van der Waals surface area contributed by atoms with Gasteiger partial charge in [-0.1, -0.05) is 18.2 Å². The molecule has 1 aromatic rings. The lowest BCUT2D eigenvalue weighted by atomic mass is 10.1. The number of aliphatic carboxylic acids is 1. The Bertz CT molecular complexity index is 438. The number of para-hydroxylation sites is 1. The van der Waals surface area contributed by atoms with Crippen LogP contribution in [0.3, 0.4) is 0 Å². The van der Waals surface area contributed by atoms with Gasteiger partial charge in [0.15, 0.2) is 0 Å². The molecular formula is C16H25NO3. The molecule has 20 heavy (non-hydrogen) atoms. The number of hydrogen-bond acceptors (Lipinski definition) is 3. The quantitative estimate of drug-likeness (QED) is 0.833. The van der Waals surface area contributed by atoms with Crippen LogP contribution < -0.4 is 4.90 Å². The molecule has 0 unspecified atom stereocenters. The lowest BCUT2D eigenvalue weighted by molar-refractivity contribution is -0.136. The van der Waals surface area contributed by atoms with Gasteiger partial charge in [-0.25, -0.2) is 0 Å². The third-order valence-corrected chi connectivity index (χ3v) is 2.95. The molecule has 0 spiro atoms. The first kappa shape index (κ1) is 16.5. The molecule has 112 valence electrons. The molecule has 0 bridgehead atoms. The average molecular weight is 279 g/mol. The molecule has 0 radical (unpaired) electrons. The second kappa shape index (κ2) is 7.29. The zero-order chi connectivity index (χ0) is 15.2. The number of benzene rings is 1. The summed E-state index contributed by atoms with van der Waals surface area (Å²) in [7, 11) is 0. The molecule has 0 aromatic heterocycles. The largest absolute Gasteiger partial charge is 0.481 e. The molecule has 4 heteroatoms. The first-order valence-corrected chi connectivity index (χ1v) is 6.96. The molecular weight excluding hydrogens is 254 g/mol. The van der Waals surface area contributed by atoms with Crippen LogP contribution in [0.25, 0.3) is 0 Å². The molecule has 1 rings (SSSR count). The van der Waals surface area contributed by atoms with Crippen molar-refractivity contribution in [3.63, 3.8) is 0 Å². The number of carboxylic acids is 1. The lowest BCUT2D eigenvalue weighted by Crippen LogP contribution is -2.33. The van der Waals surface area contributed by atoms with Crippen molar-refractivity contribution in [2.45, 2.75) is 39.7 Å². The van der Waals surface area contributed by atoms with Crippen LogP contribution in [-0.4, -0.2) is 36.4 Å². The smallest absolute Gasteiger partial charge is 0.305 e. The molecule has 0 saturated carbocycles. The fourth-order valence-electron chi connectivity index (χ4n) is 1.96. The Labute approximate surface area is 121 Å². The van der Waals surface area contributed by atoms with E-state index in [9.17, 15) is 4.79 Å². The van der Waals surface area contributed by atoms with Gasteiger partial charge < -0.3 is 14.7 Å². The van der Waals surface area contributed by atoms with E-state index in [1.165, 1.54) is 0 Å². The topological polar surface area (TPSA) is 49.8 Å². The maximum Gasteiger partial charge on any atom is 0.305 e. The minimum absolute atomic E-state index is 0.129. The summed E-state index contributed by atoms with van der Waals surface area (Å²) in [6, 6.07) is 8.02. The summed E-state index contributed by atoms with van der Waals surface area (Å²) in [6.45, 7) is 9.85. The van der Waals surface area contributed by atoms with Crippen molar-refractivity contribution < 1.29 is 14.6 Å². The molecule has 0 fully saturated rings. The molecule has 0 aliphatic carbocycles. The van der Waals surface area contributed by atoms with Crippen molar-refractivity contribution >= 4 is 11.7 Å². The Balaban J connectivity index is 2.70. The molecule has 0 heterocycles. The van der Waals surface area contributed by atoms with Crippen molar-refractivity contribution in [2.75, 3.05) is 24.6 Å². The molecule has 0 saturated heterocycles. The van der Waals surface area contributed by atoms with Crippen LogP contribution in [0, 0.1) is 6.92 Å². The number of hydrogen-bond donors (Lipinski definition) is 1. The van der Waals surface area contributed by atoms with Crippen LogP contribution in [0.1, 0.15) is 32.8 Å². The maximum absolute atomic E-state index is 10.8. The number of nitrogens with zero attached hydrogens (tertiary/aromatic N) is 1. The number of anilines is 1. The third kappa shape index (κ3) is 6.06. The van der Waals surface area contributed by atoms with Crippen LogP contribution in [0.15, 0.2) is 24.3 Å². The second-order valence-corrected chi connectivity index (χ2v) is 5.88. The highest BCUT2D eigenvalue weighted by Gasteiger charge is 2.14. The Morgan fingerprint density at radius 3 is 2.45 bits per heavy atom. The zero-order valence-corrected chi connectivity index (χ0v) is 12.8. The molecule has 0 atom stereocenters. The second-order valence-electron chi connectivity index (χ2n) is 5.88. The highest BCUT2D eigenvalue weighted by atomic mass is 16.5. The fourth-order valence-corrected chi connectivity index (χ4v) is 1.96. The van der Waals surface area contributed by atoms with E-state index in [-0.39, 0.29) is 12.0 Å². The third-order valence-electron chi connectivity index (χ3n) is 2.95. The van der Waals surface area contributed by atoms with E-state index in [0.29, 0.717) is 19.7 Å². The van der Waals surface area contributed by atoms with Gasteiger partial charge in [0.05, 0.1) is 18.6 Å². The van der Waals surface area contributed by atoms with E-state index in [2.05, 4.69) is 4.90 Å². The zero-order valence-electron chi connectivity index (χ0n) is 12.8. The Morgan fingerprint density at radius 2 is 1.90 bits per heavy atom. The predicted octanol–water partition coefficient (Wildman–Crippen LogP) is 3.09. The first-order chi connectivity index (χ1) is 9.29. The minimum atomic E-state index is -0.777. The van der Waals surface area contributed by atoms with E-state index < -0.39 is 5.97 Å².